The second kappa shape index (κ2) is 5.22. The van der Waals surface area contributed by atoms with Gasteiger partial charge in [0.05, 0.1) is 6.61 Å². The van der Waals surface area contributed by atoms with Crippen molar-refractivity contribution >= 4 is 5.97 Å². The average Bonchev–Trinajstić information content (AvgIpc) is 2.83. The summed E-state index contributed by atoms with van der Waals surface area (Å²) in [7, 11) is 0. The number of hydrogen-bond acceptors (Lipinski definition) is 4. The predicted molar refractivity (Wildman–Crippen MR) is 76.9 cm³/mol. The molecule has 21 heavy (non-hydrogen) atoms. The fourth-order valence-electron chi connectivity index (χ4n) is 2.67. The standard InChI is InChI=1S/C17H16O4/c1-2-20-16(18)15-17(19,12-8-4-3-5-9-12)13-10-6-7-11-14(13)21-15/h3-11,15,19H,2H2,1H3/t15-,17+/m0/s1. The van der Waals surface area contributed by atoms with E-state index in [1.807, 2.05) is 24.3 Å². The summed E-state index contributed by atoms with van der Waals surface area (Å²) in [6, 6.07) is 16.2. The van der Waals surface area contributed by atoms with Gasteiger partial charge in [-0.05, 0) is 18.6 Å². The van der Waals surface area contributed by atoms with Crippen molar-refractivity contribution in [2.45, 2.75) is 18.6 Å². The first-order valence-electron chi connectivity index (χ1n) is 6.88. The van der Waals surface area contributed by atoms with Crippen LogP contribution in [0.1, 0.15) is 18.1 Å². The van der Waals surface area contributed by atoms with Crippen LogP contribution in [-0.2, 0) is 15.1 Å². The molecule has 0 aromatic heterocycles. The molecule has 3 rings (SSSR count). The minimum Gasteiger partial charge on any atom is -0.474 e. The van der Waals surface area contributed by atoms with Gasteiger partial charge in [-0.15, -0.1) is 0 Å². The van der Waals surface area contributed by atoms with Crippen LogP contribution in [0, 0.1) is 0 Å². The van der Waals surface area contributed by atoms with Gasteiger partial charge in [0.1, 0.15) is 5.75 Å². The van der Waals surface area contributed by atoms with Crippen LogP contribution in [0.5, 0.6) is 5.75 Å². The molecule has 0 fully saturated rings. The number of para-hydroxylation sites is 1. The first kappa shape index (κ1) is 13.6. The second-order valence-corrected chi connectivity index (χ2v) is 4.88. The molecule has 4 nitrogen and oxygen atoms in total. The van der Waals surface area contributed by atoms with Crippen LogP contribution in [-0.4, -0.2) is 23.8 Å². The number of carbonyl (C=O) groups is 1. The van der Waals surface area contributed by atoms with Gasteiger partial charge in [-0.3, -0.25) is 0 Å². The maximum Gasteiger partial charge on any atom is 0.351 e. The first-order valence-corrected chi connectivity index (χ1v) is 6.88. The normalized spacial score (nSPS) is 23.2. The fraction of sp³-hybridized carbons (Fsp3) is 0.235. The zero-order chi connectivity index (χ0) is 14.9. The molecule has 0 aliphatic carbocycles. The molecule has 1 heterocycles. The second-order valence-electron chi connectivity index (χ2n) is 4.88. The topological polar surface area (TPSA) is 55.8 Å². The molecule has 0 amide bonds. The summed E-state index contributed by atoms with van der Waals surface area (Å²) >= 11 is 0. The summed E-state index contributed by atoms with van der Waals surface area (Å²) in [5.74, 6) is -0.0676. The van der Waals surface area contributed by atoms with Crippen LogP contribution in [0.15, 0.2) is 54.6 Å². The molecule has 0 radical (unpaired) electrons. The Morgan fingerprint density at radius 1 is 1.19 bits per heavy atom. The van der Waals surface area contributed by atoms with E-state index in [4.69, 9.17) is 9.47 Å². The van der Waals surface area contributed by atoms with E-state index in [2.05, 4.69) is 0 Å². The van der Waals surface area contributed by atoms with E-state index in [0.717, 1.165) is 0 Å². The number of ether oxygens (including phenoxy) is 2. The quantitative estimate of drug-likeness (QED) is 0.878. The van der Waals surface area contributed by atoms with Crippen molar-refractivity contribution in [3.8, 4) is 5.75 Å². The van der Waals surface area contributed by atoms with Gasteiger partial charge in [0.25, 0.3) is 0 Å². The van der Waals surface area contributed by atoms with Crippen LogP contribution in [0.3, 0.4) is 0 Å². The lowest BCUT2D eigenvalue weighted by molar-refractivity contribution is -0.159. The summed E-state index contributed by atoms with van der Waals surface area (Å²) in [4.78, 5) is 12.2. The fourth-order valence-corrected chi connectivity index (χ4v) is 2.67. The van der Waals surface area contributed by atoms with E-state index in [1.165, 1.54) is 0 Å². The molecule has 1 aliphatic heterocycles. The van der Waals surface area contributed by atoms with Gasteiger partial charge >= 0.3 is 5.97 Å². The molecule has 2 aromatic rings. The highest BCUT2D eigenvalue weighted by molar-refractivity contribution is 5.80. The lowest BCUT2D eigenvalue weighted by atomic mass is 9.83. The van der Waals surface area contributed by atoms with Gasteiger partial charge in [-0.1, -0.05) is 48.5 Å². The van der Waals surface area contributed by atoms with Gasteiger partial charge in [-0.25, -0.2) is 4.79 Å². The summed E-state index contributed by atoms with van der Waals surface area (Å²) < 4.78 is 10.7. The molecule has 2 aromatic carbocycles. The Labute approximate surface area is 122 Å². The van der Waals surface area contributed by atoms with Crippen molar-refractivity contribution in [3.05, 3.63) is 65.7 Å². The van der Waals surface area contributed by atoms with Crippen LogP contribution < -0.4 is 4.74 Å². The first-order chi connectivity index (χ1) is 10.2. The van der Waals surface area contributed by atoms with Gasteiger partial charge in [-0.2, -0.15) is 0 Å². The van der Waals surface area contributed by atoms with Crippen molar-refractivity contribution in [1.82, 2.24) is 0 Å². The van der Waals surface area contributed by atoms with E-state index in [-0.39, 0.29) is 6.61 Å². The molecule has 4 heteroatoms. The minimum atomic E-state index is -1.54. The average molecular weight is 284 g/mol. The van der Waals surface area contributed by atoms with Gasteiger partial charge < -0.3 is 14.6 Å². The number of fused-ring (bicyclic) bond motifs is 1. The summed E-state index contributed by atoms with van der Waals surface area (Å²) in [5, 5.41) is 11.2. The molecule has 0 saturated carbocycles. The van der Waals surface area contributed by atoms with Crippen molar-refractivity contribution in [2.75, 3.05) is 6.61 Å². The van der Waals surface area contributed by atoms with Gasteiger partial charge in [0.15, 0.2) is 5.60 Å². The molecular formula is C17H16O4. The number of rotatable bonds is 3. The third kappa shape index (κ3) is 2.08. The molecule has 0 saturated heterocycles. The Morgan fingerprint density at radius 2 is 1.86 bits per heavy atom. The highest BCUT2D eigenvalue weighted by atomic mass is 16.6. The summed E-state index contributed by atoms with van der Waals surface area (Å²) in [6.45, 7) is 1.96. The molecule has 1 N–H and O–H groups in total. The third-order valence-electron chi connectivity index (χ3n) is 3.64. The molecular weight excluding hydrogens is 268 g/mol. The number of benzene rings is 2. The van der Waals surface area contributed by atoms with Crippen molar-refractivity contribution in [3.63, 3.8) is 0 Å². The molecule has 0 spiro atoms. The monoisotopic (exact) mass is 284 g/mol. The smallest absolute Gasteiger partial charge is 0.351 e. The highest BCUT2D eigenvalue weighted by Gasteiger charge is 2.53. The highest BCUT2D eigenvalue weighted by Crippen LogP contribution is 2.45. The molecule has 0 bridgehead atoms. The minimum absolute atomic E-state index is 0.236. The molecule has 0 unspecified atom stereocenters. The maximum absolute atomic E-state index is 12.2. The zero-order valence-electron chi connectivity index (χ0n) is 11.7. The number of aliphatic hydroxyl groups is 1. The van der Waals surface area contributed by atoms with Crippen molar-refractivity contribution in [2.24, 2.45) is 0 Å². The third-order valence-corrected chi connectivity index (χ3v) is 3.64. The Balaban J connectivity index is 2.13. The Kier molecular flexibility index (Phi) is 3.39. The van der Waals surface area contributed by atoms with E-state index in [0.29, 0.717) is 16.9 Å². The Morgan fingerprint density at radius 3 is 2.57 bits per heavy atom. The van der Waals surface area contributed by atoms with E-state index < -0.39 is 17.7 Å². The summed E-state index contributed by atoms with van der Waals surface area (Å²) in [5.41, 5.74) is -0.355. The number of esters is 1. The summed E-state index contributed by atoms with van der Waals surface area (Å²) in [6.07, 6.45) is -1.10. The largest absolute Gasteiger partial charge is 0.474 e. The van der Waals surface area contributed by atoms with Gasteiger partial charge in [0, 0.05) is 5.56 Å². The number of carbonyl (C=O) groups excluding carboxylic acids is 1. The Bertz CT molecular complexity index is 653. The predicted octanol–water partition coefficient (Wildman–Crippen LogP) is 2.25. The maximum atomic E-state index is 12.2. The SMILES string of the molecule is CCOC(=O)[C@@H]1Oc2ccccc2[C@]1(O)c1ccccc1. The van der Waals surface area contributed by atoms with Crippen LogP contribution in [0.25, 0.3) is 0 Å². The Hall–Kier alpha value is -2.33. The molecule has 1 aliphatic rings. The number of hydrogen-bond donors (Lipinski definition) is 1. The van der Waals surface area contributed by atoms with E-state index >= 15 is 0 Å². The van der Waals surface area contributed by atoms with Crippen LogP contribution >= 0.6 is 0 Å². The molecule has 2 atom stereocenters. The van der Waals surface area contributed by atoms with Gasteiger partial charge in [0.2, 0.25) is 6.10 Å². The lowest BCUT2D eigenvalue weighted by Gasteiger charge is -2.28. The lowest BCUT2D eigenvalue weighted by Crippen LogP contribution is -2.45. The van der Waals surface area contributed by atoms with E-state index in [9.17, 15) is 9.90 Å². The van der Waals surface area contributed by atoms with Crippen molar-refractivity contribution in [1.29, 1.82) is 0 Å². The van der Waals surface area contributed by atoms with E-state index in [1.54, 1.807) is 37.3 Å². The van der Waals surface area contributed by atoms with Crippen molar-refractivity contribution < 1.29 is 19.4 Å². The van der Waals surface area contributed by atoms with Crippen LogP contribution in [0.2, 0.25) is 0 Å². The molecule has 108 valence electrons. The zero-order valence-corrected chi connectivity index (χ0v) is 11.7. The van der Waals surface area contributed by atoms with Crippen LogP contribution in [0.4, 0.5) is 0 Å².